The molecule has 0 bridgehead atoms. The van der Waals surface area contributed by atoms with Gasteiger partial charge in [0.2, 0.25) is 5.82 Å². The van der Waals surface area contributed by atoms with Crippen LogP contribution >= 0.6 is 15.9 Å². The molecule has 6 heteroatoms. The van der Waals surface area contributed by atoms with E-state index in [9.17, 15) is 8.78 Å². The average molecular weight is 279 g/mol. The smallest absolute Gasteiger partial charge is 0.200 e. The van der Waals surface area contributed by atoms with Crippen molar-refractivity contribution in [2.75, 3.05) is 6.61 Å². The van der Waals surface area contributed by atoms with E-state index in [1.165, 1.54) is 6.07 Å². The van der Waals surface area contributed by atoms with Crippen LogP contribution < -0.4 is 10.5 Å². The molecular formula is C9H9BrF2N2O. The first kappa shape index (κ1) is 11.9. The van der Waals surface area contributed by atoms with Gasteiger partial charge in [-0.15, -0.1) is 0 Å². The van der Waals surface area contributed by atoms with Crippen LogP contribution in [0.5, 0.6) is 5.75 Å². The number of amidine groups is 1. The Kier molecular flexibility index (Phi) is 4.02. The maximum atomic E-state index is 13.1. The molecule has 1 aromatic carbocycles. The van der Waals surface area contributed by atoms with Crippen molar-refractivity contribution in [1.29, 1.82) is 5.41 Å². The third-order valence-corrected chi connectivity index (χ3v) is 2.05. The number of hydrogen-bond acceptors (Lipinski definition) is 2. The van der Waals surface area contributed by atoms with Crippen molar-refractivity contribution in [2.45, 2.75) is 6.42 Å². The maximum Gasteiger partial charge on any atom is 0.200 e. The minimum atomic E-state index is -1.04. The Bertz CT molecular complexity index is 385. The zero-order chi connectivity index (χ0) is 11.4. The Balaban J connectivity index is 2.72. The first-order valence-electron chi connectivity index (χ1n) is 4.11. The lowest BCUT2D eigenvalue weighted by atomic mass is 10.3. The first-order valence-corrected chi connectivity index (χ1v) is 4.90. The van der Waals surface area contributed by atoms with Gasteiger partial charge in [0.25, 0.3) is 0 Å². The number of hydrogen-bond donors (Lipinski definition) is 2. The van der Waals surface area contributed by atoms with Crippen molar-refractivity contribution in [1.82, 2.24) is 0 Å². The van der Waals surface area contributed by atoms with E-state index in [0.29, 0.717) is 4.47 Å². The van der Waals surface area contributed by atoms with E-state index in [1.54, 1.807) is 0 Å². The molecule has 82 valence electrons. The van der Waals surface area contributed by atoms with Crippen LogP contribution in [0.4, 0.5) is 8.78 Å². The summed E-state index contributed by atoms with van der Waals surface area (Å²) in [6.45, 7) is 0.0438. The molecule has 0 aromatic heterocycles. The standard InChI is InChI=1S/C9H9BrF2N2O/c10-5-3-6(11)9(12)7(4-5)15-2-1-8(13)14/h3-4H,1-2H2,(H3,13,14). The molecule has 0 aliphatic heterocycles. The summed E-state index contributed by atoms with van der Waals surface area (Å²) in [5, 5.41) is 6.92. The summed E-state index contributed by atoms with van der Waals surface area (Å²) < 4.78 is 31.3. The van der Waals surface area contributed by atoms with Crippen LogP contribution in [-0.4, -0.2) is 12.4 Å². The summed E-state index contributed by atoms with van der Waals surface area (Å²) in [5.41, 5.74) is 5.08. The fraction of sp³-hybridized carbons (Fsp3) is 0.222. The molecule has 0 spiro atoms. The van der Waals surface area contributed by atoms with Gasteiger partial charge in [0, 0.05) is 10.9 Å². The minimum Gasteiger partial charge on any atom is -0.490 e. The number of rotatable bonds is 4. The zero-order valence-electron chi connectivity index (χ0n) is 7.69. The van der Waals surface area contributed by atoms with E-state index in [1.807, 2.05) is 0 Å². The van der Waals surface area contributed by atoms with Crippen LogP contribution in [0.1, 0.15) is 6.42 Å². The molecule has 0 fully saturated rings. The number of ether oxygens (including phenoxy) is 1. The van der Waals surface area contributed by atoms with E-state index >= 15 is 0 Å². The van der Waals surface area contributed by atoms with Gasteiger partial charge in [-0.3, -0.25) is 5.41 Å². The van der Waals surface area contributed by atoms with Gasteiger partial charge in [-0.25, -0.2) is 4.39 Å². The van der Waals surface area contributed by atoms with Crippen LogP contribution in [0.25, 0.3) is 0 Å². The fourth-order valence-electron chi connectivity index (χ4n) is 0.908. The minimum absolute atomic E-state index is 0.0438. The molecule has 0 unspecified atom stereocenters. The molecule has 0 saturated carbocycles. The fourth-order valence-corrected chi connectivity index (χ4v) is 1.32. The molecule has 1 aromatic rings. The number of nitrogens with one attached hydrogen (secondary N) is 1. The molecule has 0 radical (unpaired) electrons. The van der Waals surface area contributed by atoms with Crippen molar-refractivity contribution in [3.63, 3.8) is 0 Å². The van der Waals surface area contributed by atoms with Gasteiger partial charge in [0.15, 0.2) is 11.6 Å². The highest BCUT2D eigenvalue weighted by molar-refractivity contribution is 9.10. The van der Waals surface area contributed by atoms with Crippen LogP contribution in [0.15, 0.2) is 16.6 Å². The normalized spacial score (nSPS) is 10.1. The van der Waals surface area contributed by atoms with E-state index in [-0.39, 0.29) is 24.6 Å². The first-order chi connectivity index (χ1) is 7.00. The SMILES string of the molecule is N=C(N)CCOc1cc(Br)cc(F)c1F. The highest BCUT2D eigenvalue weighted by Crippen LogP contribution is 2.25. The number of halogens is 3. The zero-order valence-corrected chi connectivity index (χ0v) is 9.27. The lowest BCUT2D eigenvalue weighted by Crippen LogP contribution is -2.14. The van der Waals surface area contributed by atoms with E-state index < -0.39 is 11.6 Å². The Morgan fingerprint density at radius 3 is 2.73 bits per heavy atom. The van der Waals surface area contributed by atoms with Gasteiger partial charge >= 0.3 is 0 Å². The molecule has 0 amide bonds. The molecule has 0 heterocycles. The molecule has 0 aliphatic carbocycles. The summed E-state index contributed by atoms with van der Waals surface area (Å²) >= 11 is 3.01. The molecular weight excluding hydrogens is 270 g/mol. The predicted molar refractivity (Wildman–Crippen MR) is 56.1 cm³/mol. The summed E-state index contributed by atoms with van der Waals surface area (Å²) in [7, 11) is 0. The summed E-state index contributed by atoms with van der Waals surface area (Å²) in [5.74, 6) is -2.28. The Labute approximate surface area is 93.9 Å². The lowest BCUT2D eigenvalue weighted by molar-refractivity contribution is 0.304. The summed E-state index contributed by atoms with van der Waals surface area (Å²) in [6.07, 6.45) is 0.174. The molecule has 3 nitrogen and oxygen atoms in total. The molecule has 0 saturated heterocycles. The Morgan fingerprint density at radius 1 is 1.47 bits per heavy atom. The van der Waals surface area contributed by atoms with Crippen LogP contribution in [0, 0.1) is 17.0 Å². The summed E-state index contributed by atoms with van der Waals surface area (Å²) in [6, 6.07) is 2.33. The maximum absolute atomic E-state index is 13.1. The van der Waals surface area contributed by atoms with Crippen molar-refractivity contribution in [3.8, 4) is 5.75 Å². The van der Waals surface area contributed by atoms with Gasteiger partial charge in [-0.2, -0.15) is 4.39 Å². The van der Waals surface area contributed by atoms with Gasteiger partial charge in [-0.1, -0.05) is 15.9 Å². The second-order valence-corrected chi connectivity index (χ2v) is 3.74. The molecule has 3 N–H and O–H groups in total. The van der Waals surface area contributed by atoms with Crippen molar-refractivity contribution < 1.29 is 13.5 Å². The molecule has 0 atom stereocenters. The van der Waals surface area contributed by atoms with Crippen LogP contribution in [0.2, 0.25) is 0 Å². The Hall–Kier alpha value is -1.17. The van der Waals surface area contributed by atoms with Crippen molar-refractivity contribution >= 4 is 21.8 Å². The topological polar surface area (TPSA) is 59.1 Å². The lowest BCUT2D eigenvalue weighted by Gasteiger charge is -2.07. The van der Waals surface area contributed by atoms with Gasteiger partial charge in [0.1, 0.15) is 0 Å². The number of nitrogens with two attached hydrogens (primary N) is 1. The third-order valence-electron chi connectivity index (χ3n) is 1.59. The van der Waals surface area contributed by atoms with Gasteiger partial charge < -0.3 is 10.5 Å². The highest BCUT2D eigenvalue weighted by atomic mass is 79.9. The molecule has 0 aliphatic rings. The Morgan fingerprint density at radius 2 is 2.13 bits per heavy atom. The van der Waals surface area contributed by atoms with E-state index in [4.69, 9.17) is 15.9 Å². The summed E-state index contributed by atoms with van der Waals surface area (Å²) in [4.78, 5) is 0. The van der Waals surface area contributed by atoms with E-state index in [0.717, 1.165) is 6.07 Å². The predicted octanol–water partition coefficient (Wildman–Crippen LogP) is 2.43. The second kappa shape index (κ2) is 5.06. The van der Waals surface area contributed by atoms with Crippen LogP contribution in [-0.2, 0) is 0 Å². The quantitative estimate of drug-likeness (QED) is 0.505. The second-order valence-electron chi connectivity index (χ2n) is 2.82. The third kappa shape index (κ3) is 3.47. The van der Waals surface area contributed by atoms with Gasteiger partial charge in [-0.05, 0) is 12.1 Å². The van der Waals surface area contributed by atoms with Crippen molar-refractivity contribution in [3.05, 3.63) is 28.2 Å². The number of benzene rings is 1. The molecule has 1 rings (SSSR count). The average Bonchev–Trinajstić information content (AvgIpc) is 2.12. The van der Waals surface area contributed by atoms with Gasteiger partial charge in [0.05, 0.1) is 12.4 Å². The molecule has 15 heavy (non-hydrogen) atoms. The van der Waals surface area contributed by atoms with Crippen molar-refractivity contribution in [2.24, 2.45) is 5.73 Å². The monoisotopic (exact) mass is 278 g/mol. The van der Waals surface area contributed by atoms with Crippen LogP contribution in [0.3, 0.4) is 0 Å². The van der Waals surface area contributed by atoms with E-state index in [2.05, 4.69) is 15.9 Å². The largest absolute Gasteiger partial charge is 0.490 e. The highest BCUT2D eigenvalue weighted by Gasteiger charge is 2.11.